The van der Waals surface area contributed by atoms with Gasteiger partial charge in [-0.3, -0.25) is 19.2 Å². The van der Waals surface area contributed by atoms with Gasteiger partial charge in [0.25, 0.3) is 0 Å². The highest BCUT2D eigenvalue weighted by atomic mass is 16.5. The highest BCUT2D eigenvalue weighted by Gasteiger charge is 2.52. The van der Waals surface area contributed by atoms with Crippen molar-refractivity contribution in [2.24, 2.45) is 17.1 Å². The van der Waals surface area contributed by atoms with Gasteiger partial charge in [0.1, 0.15) is 12.0 Å². The molecule has 186 valence electrons. The molecule has 1 aliphatic rings. The van der Waals surface area contributed by atoms with Gasteiger partial charge in [-0.2, -0.15) is 0 Å². The summed E-state index contributed by atoms with van der Waals surface area (Å²) < 4.78 is 10.1. The van der Waals surface area contributed by atoms with E-state index >= 15 is 0 Å². The molecule has 1 aromatic rings. The fourth-order valence-electron chi connectivity index (χ4n) is 3.82. The average Bonchev–Trinajstić information content (AvgIpc) is 2.74. The summed E-state index contributed by atoms with van der Waals surface area (Å²) in [6.07, 6.45) is 2.25. The number of nitrogens with one attached hydrogen (secondary N) is 2. The first-order valence-electron chi connectivity index (χ1n) is 11.4. The van der Waals surface area contributed by atoms with Crippen molar-refractivity contribution in [3.63, 3.8) is 0 Å². The summed E-state index contributed by atoms with van der Waals surface area (Å²) in [6, 6.07) is 6.13. The van der Waals surface area contributed by atoms with Crippen molar-refractivity contribution in [1.29, 1.82) is 0 Å². The van der Waals surface area contributed by atoms with Crippen LogP contribution in [0, 0.1) is 11.3 Å². The Bertz CT molecular complexity index is 894. The number of primary amides is 1. The number of esters is 2. The van der Waals surface area contributed by atoms with Gasteiger partial charge in [0.2, 0.25) is 5.91 Å². The second kappa shape index (κ2) is 12.7. The van der Waals surface area contributed by atoms with Gasteiger partial charge in [0, 0.05) is 31.5 Å². The van der Waals surface area contributed by atoms with Crippen molar-refractivity contribution in [2.75, 3.05) is 18.5 Å². The molecular formula is C24H33N3O7. The summed E-state index contributed by atoms with van der Waals surface area (Å²) in [6.45, 7) is 3.59. The van der Waals surface area contributed by atoms with E-state index in [4.69, 9.17) is 15.2 Å². The van der Waals surface area contributed by atoms with Crippen LogP contribution in [0.5, 0.6) is 0 Å². The number of urea groups is 1. The van der Waals surface area contributed by atoms with Crippen LogP contribution in [0.1, 0.15) is 57.9 Å². The largest absolute Gasteiger partial charge is 0.465 e. The molecule has 0 bridgehead atoms. The van der Waals surface area contributed by atoms with Crippen molar-refractivity contribution in [1.82, 2.24) is 5.32 Å². The smallest absolute Gasteiger partial charge is 0.319 e. The third-order valence-electron chi connectivity index (χ3n) is 5.90. The lowest BCUT2D eigenvalue weighted by atomic mass is 9.64. The Morgan fingerprint density at radius 2 is 1.76 bits per heavy atom. The maximum atomic E-state index is 13.1. The molecule has 0 heterocycles. The van der Waals surface area contributed by atoms with E-state index < -0.39 is 23.3 Å². The van der Waals surface area contributed by atoms with Gasteiger partial charge < -0.3 is 25.8 Å². The molecule has 0 spiro atoms. The Morgan fingerprint density at radius 1 is 1.09 bits per heavy atom. The van der Waals surface area contributed by atoms with E-state index in [2.05, 4.69) is 10.6 Å². The first-order valence-corrected chi connectivity index (χ1v) is 11.4. The number of benzene rings is 1. The van der Waals surface area contributed by atoms with Gasteiger partial charge >= 0.3 is 18.0 Å². The molecule has 0 aromatic heterocycles. The van der Waals surface area contributed by atoms with Gasteiger partial charge in [0.15, 0.2) is 5.78 Å². The van der Waals surface area contributed by atoms with E-state index in [1.54, 1.807) is 31.2 Å². The van der Waals surface area contributed by atoms with E-state index in [9.17, 15) is 24.0 Å². The average molecular weight is 476 g/mol. The topological polar surface area (TPSA) is 154 Å². The highest BCUT2D eigenvalue weighted by Crippen LogP contribution is 2.44. The Hall–Kier alpha value is -3.43. The summed E-state index contributed by atoms with van der Waals surface area (Å²) in [7, 11) is 0. The summed E-state index contributed by atoms with van der Waals surface area (Å²) in [5.74, 6) is -2.27. The van der Waals surface area contributed by atoms with Crippen molar-refractivity contribution in [3.05, 3.63) is 29.8 Å². The Kier molecular flexibility index (Phi) is 10.0. The number of amides is 3. The number of carbonyl (C=O) groups is 5. The number of Topliss-reactive ketones (excluding diaryl/α,β-unsaturated/α-hetero) is 1. The third-order valence-corrected chi connectivity index (χ3v) is 5.90. The van der Waals surface area contributed by atoms with Crippen LogP contribution in [0.4, 0.5) is 10.5 Å². The lowest BCUT2D eigenvalue weighted by Gasteiger charge is -2.38. The zero-order chi connectivity index (χ0) is 25.1. The summed E-state index contributed by atoms with van der Waals surface area (Å²) in [5, 5.41) is 5.27. The lowest BCUT2D eigenvalue weighted by Crippen LogP contribution is -2.47. The predicted molar refractivity (Wildman–Crippen MR) is 123 cm³/mol. The minimum Gasteiger partial charge on any atom is -0.465 e. The quantitative estimate of drug-likeness (QED) is 0.225. The Balaban J connectivity index is 2.07. The number of rotatable bonds is 13. The summed E-state index contributed by atoms with van der Waals surface area (Å²) in [4.78, 5) is 60.5. The van der Waals surface area contributed by atoms with Crippen molar-refractivity contribution >= 4 is 35.3 Å². The van der Waals surface area contributed by atoms with Crippen LogP contribution >= 0.6 is 0 Å². The summed E-state index contributed by atoms with van der Waals surface area (Å²) >= 11 is 0. The number of ketones is 1. The first-order chi connectivity index (χ1) is 16.2. The standard InChI is InChI=1S/C24H33N3O7/c1-3-33-22(31)24(11-5-12-24)20(29)14-18(6-4-13-26-23(25)32)21(30)27-19-9-7-17(8-10-19)15-34-16(2)28/h7-10,18H,3-6,11-15H2,1-2H3,(H,27,30)(H3,25,26,32)/t18-/m1/s1. The molecule has 1 fully saturated rings. The molecule has 0 radical (unpaired) electrons. The van der Waals surface area contributed by atoms with Gasteiger partial charge in [-0.25, -0.2) is 4.79 Å². The van der Waals surface area contributed by atoms with Crippen LogP contribution in [0.2, 0.25) is 0 Å². The minimum absolute atomic E-state index is 0.105. The molecule has 2 rings (SSSR count). The highest BCUT2D eigenvalue weighted by molar-refractivity contribution is 6.06. The van der Waals surface area contributed by atoms with E-state index in [-0.39, 0.29) is 43.8 Å². The van der Waals surface area contributed by atoms with Crippen LogP contribution in [-0.2, 0) is 35.3 Å². The fraction of sp³-hybridized carbons (Fsp3) is 0.542. The molecule has 0 unspecified atom stereocenters. The Morgan fingerprint density at radius 3 is 2.29 bits per heavy atom. The third kappa shape index (κ3) is 7.57. The molecule has 0 saturated heterocycles. The fourth-order valence-corrected chi connectivity index (χ4v) is 3.82. The van der Waals surface area contributed by atoms with E-state index in [0.717, 1.165) is 12.0 Å². The SMILES string of the molecule is CCOC(=O)C1(C(=O)C[C@@H](CCCNC(N)=O)C(=O)Nc2ccc(COC(C)=O)cc2)CCC1. The molecule has 10 heteroatoms. The monoisotopic (exact) mass is 475 g/mol. The van der Waals surface area contributed by atoms with Gasteiger partial charge in [-0.1, -0.05) is 18.6 Å². The lowest BCUT2D eigenvalue weighted by molar-refractivity contribution is -0.167. The first kappa shape index (κ1) is 26.8. The molecule has 34 heavy (non-hydrogen) atoms. The maximum Gasteiger partial charge on any atom is 0.319 e. The Labute approximate surface area is 198 Å². The van der Waals surface area contributed by atoms with Crippen LogP contribution in [-0.4, -0.2) is 42.8 Å². The van der Waals surface area contributed by atoms with Gasteiger partial charge in [0.05, 0.1) is 6.61 Å². The number of hydrogen-bond acceptors (Lipinski definition) is 7. The van der Waals surface area contributed by atoms with E-state index in [1.165, 1.54) is 6.92 Å². The van der Waals surface area contributed by atoms with E-state index in [1.807, 2.05) is 0 Å². The second-order valence-corrected chi connectivity index (χ2v) is 8.38. The number of ether oxygens (including phenoxy) is 2. The van der Waals surface area contributed by atoms with Gasteiger partial charge in [-0.05, 0) is 50.3 Å². The normalized spacial score (nSPS) is 14.8. The van der Waals surface area contributed by atoms with E-state index in [0.29, 0.717) is 31.4 Å². The van der Waals surface area contributed by atoms with Crippen molar-refractivity contribution in [3.8, 4) is 0 Å². The second-order valence-electron chi connectivity index (χ2n) is 8.38. The molecule has 1 aliphatic carbocycles. The molecule has 10 nitrogen and oxygen atoms in total. The molecule has 0 aliphatic heterocycles. The minimum atomic E-state index is -1.17. The predicted octanol–water partition coefficient (Wildman–Crippen LogP) is 2.45. The molecular weight excluding hydrogens is 442 g/mol. The number of carbonyl (C=O) groups excluding carboxylic acids is 5. The molecule has 4 N–H and O–H groups in total. The van der Waals surface area contributed by atoms with Crippen LogP contribution < -0.4 is 16.4 Å². The van der Waals surface area contributed by atoms with Crippen LogP contribution in [0.3, 0.4) is 0 Å². The molecule has 1 atom stereocenters. The van der Waals surface area contributed by atoms with Gasteiger partial charge in [-0.15, -0.1) is 0 Å². The van der Waals surface area contributed by atoms with Crippen LogP contribution in [0.25, 0.3) is 0 Å². The molecule has 1 saturated carbocycles. The molecule has 1 aromatic carbocycles. The zero-order valence-corrected chi connectivity index (χ0v) is 19.7. The van der Waals surface area contributed by atoms with Crippen LogP contribution in [0.15, 0.2) is 24.3 Å². The maximum absolute atomic E-state index is 13.1. The van der Waals surface area contributed by atoms with Crippen molar-refractivity contribution < 1.29 is 33.4 Å². The number of nitrogens with two attached hydrogens (primary N) is 1. The molecule has 3 amide bonds. The zero-order valence-electron chi connectivity index (χ0n) is 19.7. The number of anilines is 1. The summed E-state index contributed by atoms with van der Waals surface area (Å²) in [5.41, 5.74) is 5.20. The van der Waals surface area contributed by atoms with Crippen molar-refractivity contribution in [2.45, 2.75) is 59.0 Å². The number of hydrogen-bond donors (Lipinski definition) is 3.